The lowest BCUT2D eigenvalue weighted by atomic mass is 9.71. The summed E-state index contributed by atoms with van der Waals surface area (Å²) in [6.07, 6.45) is 11.8. The predicted octanol–water partition coefficient (Wildman–Crippen LogP) is 3.40. The van der Waals surface area contributed by atoms with E-state index in [1.165, 1.54) is 44.9 Å². The zero-order valence-electron chi connectivity index (χ0n) is 12.9. The molecule has 0 radical (unpaired) electrons. The molecule has 2 saturated carbocycles. The summed E-state index contributed by atoms with van der Waals surface area (Å²) < 4.78 is 0. The van der Waals surface area contributed by atoms with Crippen LogP contribution in [0.4, 0.5) is 0 Å². The minimum atomic E-state index is 0. The predicted molar refractivity (Wildman–Crippen MR) is 86.0 cm³/mol. The van der Waals surface area contributed by atoms with Crippen molar-refractivity contribution in [1.29, 1.82) is 0 Å². The number of carbonyl (C=O) groups is 1. The van der Waals surface area contributed by atoms with Crippen LogP contribution in [0.2, 0.25) is 0 Å². The van der Waals surface area contributed by atoms with Crippen molar-refractivity contribution in [2.45, 2.75) is 71.1 Å². The molecule has 20 heavy (non-hydrogen) atoms. The number of rotatable bonds is 7. The Labute approximate surface area is 129 Å². The van der Waals surface area contributed by atoms with E-state index in [1.54, 1.807) is 0 Å². The molecule has 0 bridgehead atoms. The highest BCUT2D eigenvalue weighted by Crippen LogP contribution is 2.49. The normalized spacial score (nSPS) is 22.7. The van der Waals surface area contributed by atoms with Crippen molar-refractivity contribution in [1.82, 2.24) is 5.32 Å². The van der Waals surface area contributed by atoms with Gasteiger partial charge in [0.1, 0.15) is 0 Å². The fourth-order valence-electron chi connectivity index (χ4n) is 3.67. The molecule has 118 valence electrons. The Morgan fingerprint density at radius 2 is 1.75 bits per heavy atom. The summed E-state index contributed by atoms with van der Waals surface area (Å²) in [6, 6.07) is 0. The molecule has 0 aromatic rings. The van der Waals surface area contributed by atoms with Gasteiger partial charge in [-0.25, -0.2) is 0 Å². The molecule has 2 aliphatic rings. The molecule has 0 saturated heterocycles. The van der Waals surface area contributed by atoms with Crippen LogP contribution in [-0.2, 0) is 4.79 Å². The van der Waals surface area contributed by atoms with Gasteiger partial charge in [-0.3, -0.25) is 4.79 Å². The quantitative estimate of drug-likeness (QED) is 0.757. The van der Waals surface area contributed by atoms with Crippen LogP contribution in [-0.4, -0.2) is 19.0 Å². The van der Waals surface area contributed by atoms with E-state index in [-0.39, 0.29) is 23.7 Å². The van der Waals surface area contributed by atoms with Gasteiger partial charge in [-0.2, -0.15) is 0 Å². The molecule has 0 unspecified atom stereocenters. The zero-order valence-corrected chi connectivity index (χ0v) is 13.7. The fourth-order valence-corrected chi connectivity index (χ4v) is 3.67. The molecule has 0 aromatic heterocycles. The molecule has 1 amide bonds. The largest absolute Gasteiger partial charge is 0.356 e. The highest BCUT2D eigenvalue weighted by atomic mass is 35.5. The van der Waals surface area contributed by atoms with Crippen LogP contribution < -0.4 is 11.1 Å². The third-order valence-electron chi connectivity index (χ3n) is 5.28. The molecule has 2 rings (SSSR count). The summed E-state index contributed by atoms with van der Waals surface area (Å²) in [5.41, 5.74) is 6.50. The van der Waals surface area contributed by atoms with Crippen molar-refractivity contribution in [3.8, 4) is 0 Å². The van der Waals surface area contributed by atoms with Crippen LogP contribution >= 0.6 is 12.4 Å². The van der Waals surface area contributed by atoms with E-state index in [0.29, 0.717) is 18.4 Å². The van der Waals surface area contributed by atoms with Gasteiger partial charge in [0.15, 0.2) is 0 Å². The molecule has 0 aliphatic heterocycles. The van der Waals surface area contributed by atoms with Gasteiger partial charge < -0.3 is 11.1 Å². The second kappa shape index (κ2) is 7.65. The average molecular weight is 303 g/mol. The van der Waals surface area contributed by atoms with Gasteiger partial charge in [-0.05, 0) is 49.5 Å². The number of hydrogen-bond donors (Lipinski definition) is 2. The van der Waals surface area contributed by atoms with E-state index < -0.39 is 0 Å². The maximum atomic E-state index is 12.2. The third-order valence-corrected chi connectivity index (χ3v) is 5.28. The Hall–Kier alpha value is -0.280. The van der Waals surface area contributed by atoms with Crippen LogP contribution in [0.25, 0.3) is 0 Å². The second-order valence-electron chi connectivity index (χ2n) is 6.97. The first-order valence-corrected chi connectivity index (χ1v) is 8.11. The average Bonchev–Trinajstić information content (AvgIpc) is 3.18. The summed E-state index contributed by atoms with van der Waals surface area (Å²) in [4.78, 5) is 12.2. The number of halogens is 1. The highest BCUT2D eigenvalue weighted by molar-refractivity contribution is 5.85. The van der Waals surface area contributed by atoms with Crippen molar-refractivity contribution in [3.63, 3.8) is 0 Å². The summed E-state index contributed by atoms with van der Waals surface area (Å²) >= 11 is 0. The maximum Gasteiger partial charge on any atom is 0.220 e. The fraction of sp³-hybridized carbons (Fsp3) is 0.938. The lowest BCUT2D eigenvalue weighted by Gasteiger charge is -2.35. The van der Waals surface area contributed by atoms with E-state index >= 15 is 0 Å². The topological polar surface area (TPSA) is 55.1 Å². The third kappa shape index (κ3) is 4.63. The standard InChI is InChI=1S/C16H30N2O.ClH/c1-2-6-15(9-10-15)13-18-14(19)11-16(12-17)7-4-3-5-8-16;/h2-13,17H2,1H3,(H,18,19);1H. The van der Waals surface area contributed by atoms with Crippen LogP contribution in [0.3, 0.4) is 0 Å². The number of carbonyl (C=O) groups excluding carboxylic acids is 1. The van der Waals surface area contributed by atoms with Gasteiger partial charge in [0, 0.05) is 13.0 Å². The highest BCUT2D eigenvalue weighted by Gasteiger charge is 2.42. The van der Waals surface area contributed by atoms with Crippen molar-refractivity contribution in [2.24, 2.45) is 16.6 Å². The number of hydrogen-bond acceptors (Lipinski definition) is 2. The molecule has 0 spiro atoms. The maximum absolute atomic E-state index is 12.2. The van der Waals surface area contributed by atoms with Gasteiger partial charge in [0.05, 0.1) is 0 Å². The molecule has 3 nitrogen and oxygen atoms in total. The molecule has 0 aromatic carbocycles. The molecular weight excluding hydrogens is 272 g/mol. The van der Waals surface area contributed by atoms with E-state index in [1.807, 2.05) is 0 Å². The Morgan fingerprint density at radius 3 is 2.25 bits per heavy atom. The Bertz CT molecular complexity index is 310. The first-order chi connectivity index (χ1) is 9.14. The lowest BCUT2D eigenvalue weighted by molar-refractivity contribution is -0.124. The van der Waals surface area contributed by atoms with Crippen LogP contribution in [0, 0.1) is 10.8 Å². The molecular formula is C16H31ClN2O. The SMILES string of the molecule is CCCC1(CNC(=O)CC2(CN)CCCCC2)CC1.Cl. The smallest absolute Gasteiger partial charge is 0.220 e. The summed E-state index contributed by atoms with van der Waals surface area (Å²) in [6.45, 7) is 3.79. The summed E-state index contributed by atoms with van der Waals surface area (Å²) in [5, 5.41) is 3.18. The van der Waals surface area contributed by atoms with Crippen LogP contribution in [0.15, 0.2) is 0 Å². The van der Waals surface area contributed by atoms with Crippen molar-refractivity contribution < 1.29 is 4.79 Å². The molecule has 3 N–H and O–H groups in total. The van der Waals surface area contributed by atoms with E-state index in [0.717, 1.165) is 19.4 Å². The monoisotopic (exact) mass is 302 g/mol. The van der Waals surface area contributed by atoms with E-state index in [9.17, 15) is 4.79 Å². The zero-order chi connectivity index (χ0) is 13.8. The summed E-state index contributed by atoms with van der Waals surface area (Å²) in [5.74, 6) is 0.231. The number of nitrogens with one attached hydrogen (secondary N) is 1. The Balaban J connectivity index is 0.00000200. The Kier molecular flexibility index (Phi) is 6.80. The van der Waals surface area contributed by atoms with E-state index in [4.69, 9.17) is 5.73 Å². The molecule has 0 heterocycles. The second-order valence-corrected chi connectivity index (χ2v) is 6.97. The summed E-state index contributed by atoms with van der Waals surface area (Å²) in [7, 11) is 0. The van der Waals surface area contributed by atoms with Crippen molar-refractivity contribution in [3.05, 3.63) is 0 Å². The van der Waals surface area contributed by atoms with Gasteiger partial charge >= 0.3 is 0 Å². The van der Waals surface area contributed by atoms with Crippen molar-refractivity contribution >= 4 is 18.3 Å². The Morgan fingerprint density at radius 1 is 1.10 bits per heavy atom. The lowest BCUT2D eigenvalue weighted by Crippen LogP contribution is -2.40. The number of nitrogens with two attached hydrogens (primary N) is 1. The molecule has 2 fully saturated rings. The molecule has 4 heteroatoms. The molecule has 0 atom stereocenters. The van der Waals surface area contributed by atoms with Gasteiger partial charge in [0.25, 0.3) is 0 Å². The minimum absolute atomic E-state index is 0. The van der Waals surface area contributed by atoms with Crippen LogP contribution in [0.1, 0.15) is 71.1 Å². The number of amides is 1. The first kappa shape index (κ1) is 17.8. The van der Waals surface area contributed by atoms with Gasteiger partial charge in [-0.15, -0.1) is 12.4 Å². The van der Waals surface area contributed by atoms with E-state index in [2.05, 4.69) is 12.2 Å². The van der Waals surface area contributed by atoms with Gasteiger partial charge in [-0.1, -0.05) is 32.6 Å². The van der Waals surface area contributed by atoms with Gasteiger partial charge in [0.2, 0.25) is 5.91 Å². The molecule has 2 aliphatic carbocycles. The van der Waals surface area contributed by atoms with Crippen LogP contribution in [0.5, 0.6) is 0 Å². The minimum Gasteiger partial charge on any atom is -0.356 e. The first-order valence-electron chi connectivity index (χ1n) is 8.11. The van der Waals surface area contributed by atoms with Crippen molar-refractivity contribution in [2.75, 3.05) is 13.1 Å².